The summed E-state index contributed by atoms with van der Waals surface area (Å²) >= 11 is 0. The Kier molecular flexibility index (Phi) is 10.1. The van der Waals surface area contributed by atoms with Gasteiger partial charge < -0.3 is 24.8 Å². The van der Waals surface area contributed by atoms with Crippen LogP contribution in [-0.2, 0) is 19.1 Å². The Labute approximate surface area is 207 Å². The van der Waals surface area contributed by atoms with Crippen LogP contribution in [0.1, 0.15) is 46.1 Å². The van der Waals surface area contributed by atoms with Crippen LogP contribution in [0, 0.1) is 5.41 Å². The van der Waals surface area contributed by atoms with Gasteiger partial charge in [-0.15, -0.1) is 0 Å². The molecule has 2 aromatic rings. The highest BCUT2D eigenvalue weighted by atomic mass is 16.5. The number of nitrogens with one attached hydrogen (secondary N) is 2. The number of methoxy groups -OCH3 is 2. The van der Waals surface area contributed by atoms with Crippen LogP contribution in [0.5, 0.6) is 5.75 Å². The van der Waals surface area contributed by atoms with E-state index < -0.39 is 35.5 Å². The second kappa shape index (κ2) is 12.8. The van der Waals surface area contributed by atoms with Crippen LogP contribution in [0.3, 0.4) is 0 Å². The van der Waals surface area contributed by atoms with Crippen molar-refractivity contribution in [2.75, 3.05) is 20.8 Å². The molecule has 0 radical (unpaired) electrons. The molecular weight excluding hydrogens is 448 g/mol. The van der Waals surface area contributed by atoms with Crippen LogP contribution >= 0.6 is 0 Å². The molecule has 0 aliphatic rings. The predicted octanol–water partition coefficient (Wildman–Crippen LogP) is 4.46. The highest BCUT2D eigenvalue weighted by Gasteiger charge is 2.35. The standard InChI is InChI=1S/C27H36N2O6/c1-7-21(25(31)34-6)28-24(30)23(27(2,3)4)29-26(32)35-15-11-10-14-20-16-18-12-8-9-13-19(18)17-22(20)33-5/h8-10,12-14,16-17,21,23H,7,11,15H2,1-6H3,(H,28,30)(H,29,32). The van der Waals surface area contributed by atoms with Crippen molar-refractivity contribution in [1.82, 2.24) is 10.6 Å². The Balaban J connectivity index is 1.93. The molecule has 0 bridgehead atoms. The number of carbonyl (C=O) groups excluding carboxylic acids is 3. The molecule has 8 heteroatoms. The first-order valence-corrected chi connectivity index (χ1v) is 11.7. The van der Waals surface area contributed by atoms with Crippen molar-refractivity contribution in [3.05, 3.63) is 48.0 Å². The van der Waals surface area contributed by atoms with Crippen molar-refractivity contribution in [3.63, 3.8) is 0 Å². The molecule has 0 aromatic heterocycles. The molecule has 2 unspecified atom stereocenters. The van der Waals surface area contributed by atoms with Crippen molar-refractivity contribution in [2.24, 2.45) is 5.41 Å². The normalized spacial score (nSPS) is 13.2. The van der Waals surface area contributed by atoms with Crippen LogP contribution in [0.15, 0.2) is 42.5 Å². The largest absolute Gasteiger partial charge is 0.496 e. The first-order chi connectivity index (χ1) is 16.6. The van der Waals surface area contributed by atoms with Crippen molar-refractivity contribution in [2.45, 2.75) is 52.6 Å². The fourth-order valence-electron chi connectivity index (χ4n) is 3.53. The van der Waals surface area contributed by atoms with Gasteiger partial charge in [0, 0.05) is 5.56 Å². The molecule has 0 heterocycles. The summed E-state index contributed by atoms with van der Waals surface area (Å²) < 4.78 is 15.5. The monoisotopic (exact) mass is 484 g/mol. The fraction of sp³-hybridized carbons (Fsp3) is 0.444. The quantitative estimate of drug-likeness (QED) is 0.381. The Hall–Kier alpha value is -3.55. The summed E-state index contributed by atoms with van der Waals surface area (Å²) in [5, 5.41) is 7.46. The van der Waals surface area contributed by atoms with E-state index in [-0.39, 0.29) is 6.61 Å². The lowest BCUT2D eigenvalue weighted by Gasteiger charge is -2.31. The van der Waals surface area contributed by atoms with E-state index in [1.807, 2.05) is 69.3 Å². The number of amides is 2. The SMILES string of the molecule is CCC(NC(=O)C(NC(=O)OCCC=Cc1cc2ccccc2cc1OC)C(C)(C)C)C(=O)OC. The zero-order valence-corrected chi connectivity index (χ0v) is 21.3. The van der Waals surface area contributed by atoms with Gasteiger partial charge in [0.1, 0.15) is 17.8 Å². The summed E-state index contributed by atoms with van der Waals surface area (Å²) in [6.45, 7) is 7.34. The third-order valence-corrected chi connectivity index (χ3v) is 5.51. The Morgan fingerprint density at radius 2 is 1.69 bits per heavy atom. The molecule has 35 heavy (non-hydrogen) atoms. The molecule has 2 aromatic carbocycles. The fourth-order valence-corrected chi connectivity index (χ4v) is 3.53. The molecule has 0 saturated heterocycles. The molecular formula is C27H36N2O6. The van der Waals surface area contributed by atoms with Gasteiger partial charge in [-0.3, -0.25) is 4.79 Å². The molecule has 0 spiro atoms. The van der Waals surface area contributed by atoms with E-state index in [1.54, 1.807) is 14.0 Å². The Bertz CT molecular complexity index is 1060. The van der Waals surface area contributed by atoms with Gasteiger partial charge in [0.25, 0.3) is 0 Å². The molecule has 2 N–H and O–H groups in total. The number of ether oxygens (including phenoxy) is 3. The van der Waals surface area contributed by atoms with Gasteiger partial charge in [0.2, 0.25) is 5.91 Å². The molecule has 2 amide bonds. The minimum absolute atomic E-state index is 0.135. The number of rotatable bonds is 10. The van der Waals surface area contributed by atoms with E-state index in [0.717, 1.165) is 22.1 Å². The Morgan fingerprint density at radius 1 is 1.03 bits per heavy atom. The van der Waals surface area contributed by atoms with Crippen LogP contribution in [0.2, 0.25) is 0 Å². The maximum atomic E-state index is 12.8. The summed E-state index contributed by atoms with van der Waals surface area (Å²) in [7, 11) is 2.89. The van der Waals surface area contributed by atoms with Crippen LogP contribution in [-0.4, -0.2) is 50.9 Å². The number of fused-ring (bicyclic) bond motifs is 1. The van der Waals surface area contributed by atoms with Crippen molar-refractivity contribution in [3.8, 4) is 5.75 Å². The second-order valence-corrected chi connectivity index (χ2v) is 9.20. The molecule has 2 rings (SSSR count). The van der Waals surface area contributed by atoms with Crippen molar-refractivity contribution < 1.29 is 28.6 Å². The molecule has 8 nitrogen and oxygen atoms in total. The van der Waals surface area contributed by atoms with Gasteiger partial charge in [-0.1, -0.05) is 64.1 Å². The topological polar surface area (TPSA) is 103 Å². The van der Waals surface area contributed by atoms with E-state index in [9.17, 15) is 14.4 Å². The van der Waals surface area contributed by atoms with Crippen LogP contribution < -0.4 is 15.4 Å². The summed E-state index contributed by atoms with van der Waals surface area (Å²) in [4.78, 5) is 37.0. The summed E-state index contributed by atoms with van der Waals surface area (Å²) in [6.07, 6.45) is 3.97. The number of alkyl carbamates (subject to hydrolysis) is 1. The van der Waals surface area contributed by atoms with Gasteiger partial charge in [0.05, 0.1) is 20.8 Å². The van der Waals surface area contributed by atoms with E-state index in [4.69, 9.17) is 14.2 Å². The third kappa shape index (κ3) is 8.02. The van der Waals surface area contributed by atoms with E-state index in [0.29, 0.717) is 12.8 Å². The van der Waals surface area contributed by atoms with Crippen LogP contribution in [0.25, 0.3) is 16.8 Å². The van der Waals surface area contributed by atoms with E-state index in [2.05, 4.69) is 10.6 Å². The Morgan fingerprint density at radius 3 is 2.26 bits per heavy atom. The minimum atomic E-state index is -0.897. The lowest BCUT2D eigenvalue weighted by molar-refractivity contribution is -0.145. The van der Waals surface area contributed by atoms with E-state index >= 15 is 0 Å². The summed E-state index contributed by atoms with van der Waals surface area (Å²) in [6, 6.07) is 10.4. The lowest BCUT2D eigenvalue weighted by Crippen LogP contribution is -2.56. The molecule has 0 aliphatic heterocycles. The van der Waals surface area contributed by atoms with Gasteiger partial charge in [-0.2, -0.15) is 0 Å². The summed E-state index contributed by atoms with van der Waals surface area (Å²) in [5.74, 6) is -0.254. The number of esters is 1. The average Bonchev–Trinajstić information content (AvgIpc) is 2.83. The first kappa shape index (κ1) is 27.7. The number of hydrogen-bond acceptors (Lipinski definition) is 6. The molecule has 190 valence electrons. The molecule has 2 atom stereocenters. The van der Waals surface area contributed by atoms with Crippen molar-refractivity contribution >= 4 is 34.8 Å². The average molecular weight is 485 g/mol. The lowest BCUT2D eigenvalue weighted by atomic mass is 9.86. The maximum absolute atomic E-state index is 12.8. The van der Waals surface area contributed by atoms with Gasteiger partial charge in [-0.05, 0) is 41.2 Å². The smallest absolute Gasteiger partial charge is 0.407 e. The van der Waals surface area contributed by atoms with E-state index in [1.165, 1.54) is 7.11 Å². The molecule has 0 fully saturated rings. The highest BCUT2D eigenvalue weighted by molar-refractivity contribution is 5.90. The number of hydrogen-bond donors (Lipinski definition) is 2. The second-order valence-electron chi connectivity index (χ2n) is 9.20. The number of carbonyl (C=O) groups is 3. The zero-order valence-electron chi connectivity index (χ0n) is 21.3. The number of benzene rings is 2. The predicted molar refractivity (Wildman–Crippen MR) is 136 cm³/mol. The van der Waals surface area contributed by atoms with Gasteiger partial charge >= 0.3 is 12.1 Å². The van der Waals surface area contributed by atoms with Crippen LogP contribution in [0.4, 0.5) is 4.79 Å². The highest BCUT2D eigenvalue weighted by Crippen LogP contribution is 2.27. The summed E-state index contributed by atoms with van der Waals surface area (Å²) in [5.41, 5.74) is 0.320. The van der Waals surface area contributed by atoms with Gasteiger partial charge in [-0.25, -0.2) is 9.59 Å². The minimum Gasteiger partial charge on any atom is -0.496 e. The molecule has 0 saturated carbocycles. The zero-order chi connectivity index (χ0) is 26.0. The maximum Gasteiger partial charge on any atom is 0.407 e. The van der Waals surface area contributed by atoms with Gasteiger partial charge in [0.15, 0.2) is 0 Å². The first-order valence-electron chi connectivity index (χ1n) is 11.7. The molecule has 0 aliphatic carbocycles. The third-order valence-electron chi connectivity index (χ3n) is 5.51. The van der Waals surface area contributed by atoms with Crippen molar-refractivity contribution in [1.29, 1.82) is 0 Å².